The van der Waals surface area contributed by atoms with Crippen LogP contribution in [0.4, 0.5) is 5.69 Å². The lowest BCUT2D eigenvalue weighted by atomic mass is 10.0. The molecule has 1 aliphatic heterocycles. The van der Waals surface area contributed by atoms with Gasteiger partial charge in [0.05, 0.1) is 4.92 Å². The standard InChI is InChI=1S/C10H12BrN3O2/c11-8-4-10(14(15)16)9(13-6-8)3-7-1-2-12-5-7/h4,6-7,12H,1-3,5H2. The molecule has 0 spiro atoms. The molecule has 5 nitrogen and oxygen atoms in total. The Balaban J connectivity index is 2.21. The molecule has 0 radical (unpaired) electrons. The first-order chi connectivity index (χ1) is 7.66. The Morgan fingerprint density at radius 3 is 3.12 bits per heavy atom. The lowest BCUT2D eigenvalue weighted by molar-refractivity contribution is -0.386. The van der Waals surface area contributed by atoms with Crippen molar-refractivity contribution in [2.24, 2.45) is 5.92 Å². The number of nitrogens with one attached hydrogen (secondary N) is 1. The highest BCUT2D eigenvalue weighted by molar-refractivity contribution is 9.10. The minimum Gasteiger partial charge on any atom is -0.316 e. The number of halogens is 1. The van der Waals surface area contributed by atoms with E-state index in [1.165, 1.54) is 6.07 Å². The smallest absolute Gasteiger partial charge is 0.291 e. The summed E-state index contributed by atoms with van der Waals surface area (Å²) in [6.07, 6.45) is 3.36. The lowest BCUT2D eigenvalue weighted by Crippen LogP contribution is -2.12. The summed E-state index contributed by atoms with van der Waals surface area (Å²) in [5.74, 6) is 0.465. The zero-order chi connectivity index (χ0) is 11.5. The Labute approximate surface area is 102 Å². The van der Waals surface area contributed by atoms with Gasteiger partial charge in [-0.3, -0.25) is 15.1 Å². The summed E-state index contributed by atoms with van der Waals surface area (Å²) in [5.41, 5.74) is 0.697. The number of pyridine rings is 1. The maximum Gasteiger partial charge on any atom is 0.291 e. The van der Waals surface area contributed by atoms with Crippen LogP contribution in [0.3, 0.4) is 0 Å². The minimum absolute atomic E-state index is 0.112. The summed E-state index contributed by atoms with van der Waals surface area (Å²) in [5, 5.41) is 14.1. The first-order valence-corrected chi connectivity index (χ1v) is 5.95. The Bertz CT molecular complexity index is 405. The predicted octanol–water partition coefficient (Wildman–Crippen LogP) is 1.90. The molecule has 2 heterocycles. The summed E-state index contributed by atoms with van der Waals surface area (Å²) in [7, 11) is 0. The van der Waals surface area contributed by atoms with E-state index in [4.69, 9.17) is 0 Å². The molecule has 2 rings (SSSR count). The third-order valence-corrected chi connectivity index (χ3v) is 3.19. The van der Waals surface area contributed by atoms with Gasteiger partial charge >= 0.3 is 0 Å². The Morgan fingerprint density at radius 2 is 2.50 bits per heavy atom. The van der Waals surface area contributed by atoms with Crippen LogP contribution in [0.15, 0.2) is 16.7 Å². The van der Waals surface area contributed by atoms with E-state index in [2.05, 4.69) is 26.2 Å². The van der Waals surface area contributed by atoms with Gasteiger partial charge in [-0.1, -0.05) is 0 Å². The summed E-state index contributed by atoms with van der Waals surface area (Å²) in [6, 6.07) is 1.52. The van der Waals surface area contributed by atoms with Crippen molar-refractivity contribution in [3.8, 4) is 0 Å². The monoisotopic (exact) mass is 285 g/mol. The zero-order valence-electron chi connectivity index (χ0n) is 8.65. The maximum atomic E-state index is 10.9. The number of nitrogens with zero attached hydrogens (tertiary/aromatic N) is 2. The van der Waals surface area contributed by atoms with E-state index in [0.717, 1.165) is 19.5 Å². The molecule has 1 aromatic rings. The topological polar surface area (TPSA) is 68.1 Å². The molecule has 1 aromatic heterocycles. The fourth-order valence-electron chi connectivity index (χ4n) is 1.93. The predicted molar refractivity (Wildman–Crippen MR) is 63.3 cm³/mol. The Hall–Kier alpha value is -1.01. The van der Waals surface area contributed by atoms with Gasteiger partial charge in [0.2, 0.25) is 0 Å². The number of aromatic nitrogens is 1. The molecule has 0 bridgehead atoms. The molecule has 1 aliphatic rings. The fraction of sp³-hybridized carbons (Fsp3) is 0.500. The number of hydrogen-bond acceptors (Lipinski definition) is 4. The molecule has 1 fully saturated rings. The van der Waals surface area contributed by atoms with Crippen molar-refractivity contribution >= 4 is 21.6 Å². The van der Waals surface area contributed by atoms with Crippen LogP contribution in [0.25, 0.3) is 0 Å². The van der Waals surface area contributed by atoms with E-state index in [9.17, 15) is 10.1 Å². The van der Waals surface area contributed by atoms with Crippen molar-refractivity contribution in [1.29, 1.82) is 0 Å². The second-order valence-corrected chi connectivity index (χ2v) is 4.86. The molecule has 1 N–H and O–H groups in total. The minimum atomic E-state index is -0.366. The highest BCUT2D eigenvalue weighted by Gasteiger charge is 2.22. The van der Waals surface area contributed by atoms with E-state index >= 15 is 0 Å². The van der Waals surface area contributed by atoms with Crippen molar-refractivity contribution in [2.75, 3.05) is 13.1 Å². The van der Waals surface area contributed by atoms with Gasteiger partial charge in [-0.15, -0.1) is 0 Å². The van der Waals surface area contributed by atoms with Gasteiger partial charge in [-0.05, 0) is 41.4 Å². The van der Waals surface area contributed by atoms with E-state index < -0.39 is 0 Å². The zero-order valence-corrected chi connectivity index (χ0v) is 10.2. The van der Waals surface area contributed by atoms with Crippen molar-refractivity contribution in [3.05, 3.63) is 32.5 Å². The fourth-order valence-corrected chi connectivity index (χ4v) is 2.25. The van der Waals surface area contributed by atoms with E-state index in [1.807, 2.05) is 0 Å². The van der Waals surface area contributed by atoms with Gasteiger partial charge in [0.25, 0.3) is 5.69 Å². The quantitative estimate of drug-likeness (QED) is 0.680. The molecule has 86 valence electrons. The van der Waals surface area contributed by atoms with Gasteiger partial charge < -0.3 is 5.32 Å². The molecule has 1 saturated heterocycles. The van der Waals surface area contributed by atoms with E-state index in [-0.39, 0.29) is 10.6 Å². The SMILES string of the molecule is O=[N+]([O-])c1cc(Br)cnc1CC1CCNC1. The van der Waals surface area contributed by atoms with Crippen molar-refractivity contribution in [1.82, 2.24) is 10.3 Å². The molecule has 6 heteroatoms. The summed E-state index contributed by atoms with van der Waals surface area (Å²) in [4.78, 5) is 14.7. The Morgan fingerprint density at radius 1 is 1.69 bits per heavy atom. The molecule has 0 aliphatic carbocycles. The molecule has 1 atom stereocenters. The van der Waals surface area contributed by atoms with Crippen LogP contribution >= 0.6 is 15.9 Å². The summed E-state index contributed by atoms with van der Waals surface area (Å²) in [6.45, 7) is 1.92. The van der Waals surface area contributed by atoms with Crippen molar-refractivity contribution in [3.63, 3.8) is 0 Å². The van der Waals surface area contributed by atoms with Crippen LogP contribution in [0.2, 0.25) is 0 Å². The maximum absolute atomic E-state index is 10.9. The lowest BCUT2D eigenvalue weighted by Gasteiger charge is -2.07. The normalized spacial score (nSPS) is 19.9. The second kappa shape index (κ2) is 4.88. The number of rotatable bonds is 3. The first-order valence-electron chi connectivity index (χ1n) is 5.16. The third-order valence-electron chi connectivity index (χ3n) is 2.76. The van der Waals surface area contributed by atoms with Crippen LogP contribution in [-0.4, -0.2) is 23.0 Å². The molecule has 0 aromatic carbocycles. The molecule has 0 amide bonds. The average molecular weight is 286 g/mol. The van der Waals surface area contributed by atoms with E-state index in [1.54, 1.807) is 6.20 Å². The van der Waals surface area contributed by atoms with Crippen LogP contribution in [0.5, 0.6) is 0 Å². The first kappa shape index (κ1) is 11.5. The van der Waals surface area contributed by atoms with Crippen LogP contribution in [-0.2, 0) is 6.42 Å². The van der Waals surface area contributed by atoms with Gasteiger partial charge in [0.15, 0.2) is 0 Å². The van der Waals surface area contributed by atoms with Gasteiger partial charge in [0, 0.05) is 23.2 Å². The number of nitro groups is 1. The van der Waals surface area contributed by atoms with Crippen LogP contribution < -0.4 is 5.32 Å². The number of hydrogen-bond donors (Lipinski definition) is 1. The molecule has 16 heavy (non-hydrogen) atoms. The molecule has 0 saturated carbocycles. The van der Waals surface area contributed by atoms with Crippen LogP contribution in [0.1, 0.15) is 12.1 Å². The van der Waals surface area contributed by atoms with Crippen molar-refractivity contribution < 1.29 is 4.92 Å². The average Bonchev–Trinajstić information content (AvgIpc) is 2.73. The summed E-state index contributed by atoms with van der Waals surface area (Å²) < 4.78 is 0.646. The highest BCUT2D eigenvalue weighted by atomic mass is 79.9. The molecular weight excluding hydrogens is 274 g/mol. The van der Waals surface area contributed by atoms with Crippen LogP contribution in [0, 0.1) is 16.0 Å². The Kier molecular flexibility index (Phi) is 3.50. The van der Waals surface area contributed by atoms with E-state index in [0.29, 0.717) is 22.5 Å². The molecule has 1 unspecified atom stereocenters. The van der Waals surface area contributed by atoms with Gasteiger partial charge in [0.1, 0.15) is 5.69 Å². The van der Waals surface area contributed by atoms with Gasteiger partial charge in [-0.2, -0.15) is 0 Å². The highest BCUT2D eigenvalue weighted by Crippen LogP contribution is 2.24. The third kappa shape index (κ3) is 2.56. The van der Waals surface area contributed by atoms with Crippen molar-refractivity contribution in [2.45, 2.75) is 12.8 Å². The summed E-state index contributed by atoms with van der Waals surface area (Å²) >= 11 is 3.20. The molecular formula is C10H12BrN3O2. The van der Waals surface area contributed by atoms with Gasteiger partial charge in [-0.25, -0.2) is 0 Å². The largest absolute Gasteiger partial charge is 0.316 e. The second-order valence-electron chi connectivity index (χ2n) is 3.94.